The van der Waals surface area contributed by atoms with Gasteiger partial charge in [0, 0.05) is 38.2 Å². The molecule has 0 bridgehead atoms. The Morgan fingerprint density at radius 1 is 1.17 bits per heavy atom. The lowest BCUT2D eigenvalue weighted by Crippen LogP contribution is -2.64. The van der Waals surface area contributed by atoms with Crippen molar-refractivity contribution >= 4 is 33.6 Å². The molecule has 184 valence electrons. The molecule has 1 N–H and O–H groups in total. The number of nitrogens with zero attached hydrogens (tertiary/aromatic N) is 4. The Morgan fingerprint density at radius 3 is 2.51 bits per heavy atom. The summed E-state index contributed by atoms with van der Waals surface area (Å²) < 4.78 is 27.4. The van der Waals surface area contributed by atoms with Crippen molar-refractivity contribution < 1.29 is 23.1 Å². The third-order valence-electron chi connectivity index (χ3n) is 7.30. The molecule has 2 amide bonds. The number of phenols is 1. The first kappa shape index (κ1) is 23.5. The number of benzene rings is 2. The van der Waals surface area contributed by atoms with E-state index in [4.69, 9.17) is 0 Å². The molecule has 35 heavy (non-hydrogen) atoms. The molecular weight excluding hydrogens is 468 g/mol. The van der Waals surface area contributed by atoms with E-state index >= 15 is 0 Å². The van der Waals surface area contributed by atoms with Crippen molar-refractivity contribution in [2.75, 3.05) is 25.0 Å². The van der Waals surface area contributed by atoms with Crippen molar-refractivity contribution in [3.63, 3.8) is 0 Å². The molecule has 2 aromatic rings. The molecule has 0 radical (unpaired) electrons. The molecule has 5 rings (SSSR count). The summed E-state index contributed by atoms with van der Waals surface area (Å²) in [6, 6.07) is 12.3. The maximum atomic E-state index is 13.0. The van der Waals surface area contributed by atoms with E-state index in [1.807, 2.05) is 24.1 Å². The predicted octanol–water partition coefficient (Wildman–Crippen LogP) is 2.59. The number of hydrogen-bond acceptors (Lipinski definition) is 6. The molecule has 2 aromatic carbocycles. The third-order valence-corrected chi connectivity index (χ3v) is 8.86. The Bertz CT molecular complexity index is 1350. The zero-order valence-corrected chi connectivity index (χ0v) is 20.7. The second kappa shape index (κ2) is 8.18. The van der Waals surface area contributed by atoms with Crippen molar-refractivity contribution in [2.24, 2.45) is 0 Å². The van der Waals surface area contributed by atoms with Gasteiger partial charge in [-0.15, -0.1) is 0 Å². The van der Waals surface area contributed by atoms with Gasteiger partial charge in [0.1, 0.15) is 17.5 Å². The van der Waals surface area contributed by atoms with E-state index in [0.29, 0.717) is 12.8 Å². The number of amides is 2. The Balaban J connectivity index is 1.25. The number of anilines is 1. The number of hydrogen-bond donors (Lipinski definition) is 1. The van der Waals surface area contributed by atoms with Crippen LogP contribution in [-0.2, 0) is 19.6 Å². The highest BCUT2D eigenvalue weighted by atomic mass is 32.2. The molecule has 2 unspecified atom stereocenters. The lowest BCUT2D eigenvalue weighted by atomic mass is 9.85. The summed E-state index contributed by atoms with van der Waals surface area (Å²) in [5.74, 6) is 0.0905. The Labute approximate surface area is 204 Å². The molecule has 1 spiro atoms. The van der Waals surface area contributed by atoms with Gasteiger partial charge in [0.2, 0.25) is 15.9 Å². The monoisotopic (exact) mass is 496 g/mol. The van der Waals surface area contributed by atoms with Crippen LogP contribution in [0.3, 0.4) is 0 Å². The summed E-state index contributed by atoms with van der Waals surface area (Å²) in [6.45, 7) is 3.88. The van der Waals surface area contributed by atoms with Crippen LogP contribution in [0.25, 0.3) is 6.08 Å². The standard InChI is InChI=1S/C25H28N4O5S/c1-17-15-21(26(3)18(2)30)8-7-19(17)9-14-35(33,34)27-12-10-25(11-13-27)24(32)28-23(29(25)28)20-5-4-6-22(31)16-20/h4-9,14-16,23,31H,10-13H2,1-3H3/b14-9+. The summed E-state index contributed by atoms with van der Waals surface area (Å²) in [5.41, 5.74) is 2.55. The average molecular weight is 497 g/mol. The number of piperidine rings is 1. The zero-order chi connectivity index (χ0) is 25.1. The molecule has 3 aliphatic rings. The zero-order valence-electron chi connectivity index (χ0n) is 19.9. The molecule has 0 saturated carbocycles. The van der Waals surface area contributed by atoms with Gasteiger partial charge >= 0.3 is 0 Å². The van der Waals surface area contributed by atoms with Crippen LogP contribution in [0.5, 0.6) is 5.75 Å². The minimum absolute atomic E-state index is 0.0182. The fourth-order valence-electron chi connectivity index (χ4n) is 5.09. The van der Waals surface area contributed by atoms with Gasteiger partial charge in [-0.05, 0) is 66.8 Å². The summed E-state index contributed by atoms with van der Waals surface area (Å²) >= 11 is 0. The molecule has 3 fully saturated rings. The summed E-state index contributed by atoms with van der Waals surface area (Å²) in [6.07, 6.45) is 2.24. The first-order chi connectivity index (χ1) is 16.5. The molecule has 2 atom stereocenters. The van der Waals surface area contributed by atoms with Crippen molar-refractivity contribution in [1.29, 1.82) is 0 Å². The van der Waals surface area contributed by atoms with Gasteiger partial charge in [-0.3, -0.25) is 9.59 Å². The Morgan fingerprint density at radius 2 is 1.89 bits per heavy atom. The van der Waals surface area contributed by atoms with Gasteiger partial charge in [0.25, 0.3) is 5.91 Å². The van der Waals surface area contributed by atoms with Gasteiger partial charge in [-0.2, -0.15) is 9.31 Å². The van der Waals surface area contributed by atoms with Gasteiger partial charge in [0.05, 0.1) is 0 Å². The lowest BCUT2D eigenvalue weighted by Gasteiger charge is -2.45. The van der Waals surface area contributed by atoms with Crippen LogP contribution in [0.4, 0.5) is 5.69 Å². The van der Waals surface area contributed by atoms with E-state index in [1.165, 1.54) is 21.5 Å². The summed E-state index contributed by atoms with van der Waals surface area (Å²) in [4.78, 5) is 26.0. The van der Waals surface area contributed by atoms with Crippen molar-refractivity contribution in [3.05, 3.63) is 64.6 Å². The SMILES string of the molecule is CC(=O)N(C)c1ccc(/C=C/S(=O)(=O)N2CCC3(CC2)C(=O)N2C(c4cccc(O)c4)N23)c(C)c1. The third kappa shape index (κ3) is 3.81. The highest BCUT2D eigenvalue weighted by Gasteiger charge is 2.75. The second-order valence-corrected chi connectivity index (χ2v) is 11.2. The van der Waals surface area contributed by atoms with Crippen molar-refractivity contribution in [3.8, 4) is 5.75 Å². The lowest BCUT2D eigenvalue weighted by molar-refractivity contribution is -0.160. The minimum Gasteiger partial charge on any atom is -0.508 e. The molecule has 0 aromatic heterocycles. The van der Waals surface area contributed by atoms with Gasteiger partial charge in [-0.1, -0.05) is 18.2 Å². The molecule has 3 saturated heterocycles. The number of carbonyl (C=O) groups is 2. The first-order valence-electron chi connectivity index (χ1n) is 11.5. The largest absolute Gasteiger partial charge is 0.508 e. The van der Waals surface area contributed by atoms with Gasteiger partial charge in [0.15, 0.2) is 0 Å². The number of aromatic hydroxyl groups is 1. The van der Waals surface area contributed by atoms with Crippen LogP contribution < -0.4 is 4.90 Å². The van der Waals surface area contributed by atoms with Gasteiger partial charge in [-0.25, -0.2) is 13.4 Å². The predicted molar refractivity (Wildman–Crippen MR) is 131 cm³/mol. The van der Waals surface area contributed by atoms with Crippen LogP contribution in [0.1, 0.15) is 42.6 Å². The molecule has 9 nitrogen and oxygen atoms in total. The van der Waals surface area contributed by atoms with E-state index in [-0.39, 0.29) is 36.8 Å². The molecule has 0 aliphatic carbocycles. The molecule has 10 heteroatoms. The van der Waals surface area contributed by atoms with Crippen molar-refractivity contribution in [2.45, 2.75) is 38.4 Å². The smallest absolute Gasteiger partial charge is 0.261 e. The highest BCUT2D eigenvalue weighted by molar-refractivity contribution is 7.92. The maximum absolute atomic E-state index is 13.0. The van der Waals surface area contributed by atoms with Crippen LogP contribution in [0, 0.1) is 6.92 Å². The average Bonchev–Trinajstić information content (AvgIpc) is 3.55. The van der Waals surface area contributed by atoms with E-state index in [2.05, 4.69) is 0 Å². The number of fused-ring (bicyclic) bond motifs is 2. The number of aryl methyl sites for hydroxylation is 1. The minimum atomic E-state index is -3.65. The van der Waals surface area contributed by atoms with E-state index < -0.39 is 15.6 Å². The Kier molecular flexibility index (Phi) is 5.50. The normalized spacial score (nSPS) is 23.3. The number of phenolic OH excluding ortho intramolecular Hbond substituents is 1. The summed E-state index contributed by atoms with van der Waals surface area (Å²) in [5, 5.41) is 14.7. The van der Waals surface area contributed by atoms with E-state index in [9.17, 15) is 23.1 Å². The topological polar surface area (TPSA) is 101 Å². The van der Waals surface area contributed by atoms with Crippen LogP contribution in [-0.4, -0.2) is 65.3 Å². The Hall–Kier alpha value is -3.21. The van der Waals surface area contributed by atoms with E-state index in [0.717, 1.165) is 22.4 Å². The van der Waals surface area contributed by atoms with E-state index in [1.54, 1.807) is 48.5 Å². The fraction of sp³-hybridized carbons (Fsp3) is 0.360. The number of rotatable bonds is 5. The molecule has 3 heterocycles. The maximum Gasteiger partial charge on any atom is 0.261 e. The first-order valence-corrected chi connectivity index (χ1v) is 13.0. The highest BCUT2D eigenvalue weighted by Crippen LogP contribution is 2.60. The molecule has 3 aliphatic heterocycles. The molecular formula is C25H28N4O5S. The number of sulfonamides is 1. The van der Waals surface area contributed by atoms with Crippen LogP contribution >= 0.6 is 0 Å². The number of carbonyl (C=O) groups excluding carboxylic acids is 2. The number of hydrazine groups is 1. The quantitative estimate of drug-likeness (QED) is 0.639. The van der Waals surface area contributed by atoms with Gasteiger partial charge < -0.3 is 10.0 Å². The van der Waals surface area contributed by atoms with Crippen LogP contribution in [0.2, 0.25) is 0 Å². The van der Waals surface area contributed by atoms with Crippen molar-refractivity contribution in [1.82, 2.24) is 14.3 Å². The second-order valence-electron chi connectivity index (χ2n) is 9.36. The summed E-state index contributed by atoms with van der Waals surface area (Å²) in [7, 11) is -1.96. The van der Waals surface area contributed by atoms with Crippen LogP contribution in [0.15, 0.2) is 47.9 Å². The fourth-order valence-corrected chi connectivity index (χ4v) is 6.27.